The first-order valence-corrected chi connectivity index (χ1v) is 8.94. The fourth-order valence-electron chi connectivity index (χ4n) is 3.15. The van der Waals surface area contributed by atoms with Crippen molar-refractivity contribution >= 4 is 17.2 Å². The van der Waals surface area contributed by atoms with Gasteiger partial charge in [-0.25, -0.2) is 4.98 Å². The van der Waals surface area contributed by atoms with Crippen molar-refractivity contribution in [3.8, 4) is 0 Å². The van der Waals surface area contributed by atoms with Crippen LogP contribution in [0.15, 0.2) is 35.8 Å². The Kier molecular flexibility index (Phi) is 5.08. The van der Waals surface area contributed by atoms with Gasteiger partial charge >= 0.3 is 0 Å². The zero-order valence-corrected chi connectivity index (χ0v) is 14.6. The van der Waals surface area contributed by atoms with Gasteiger partial charge in [0.2, 0.25) is 0 Å². The molecule has 1 saturated heterocycles. The van der Waals surface area contributed by atoms with E-state index in [9.17, 15) is 4.79 Å². The van der Waals surface area contributed by atoms with Crippen LogP contribution in [0.3, 0.4) is 0 Å². The Bertz CT molecular complexity index is 654. The molecule has 1 aromatic heterocycles. The molecule has 0 spiro atoms. The van der Waals surface area contributed by atoms with Crippen LogP contribution in [0.25, 0.3) is 0 Å². The van der Waals surface area contributed by atoms with E-state index in [1.54, 1.807) is 11.3 Å². The van der Waals surface area contributed by atoms with Crippen molar-refractivity contribution in [3.63, 3.8) is 0 Å². The Balaban J connectivity index is 1.72. The van der Waals surface area contributed by atoms with Gasteiger partial charge in [-0.05, 0) is 44.6 Å². The topological polar surface area (TPSA) is 36.4 Å². The Labute approximate surface area is 141 Å². The summed E-state index contributed by atoms with van der Waals surface area (Å²) in [6, 6.07) is 8.00. The highest BCUT2D eigenvalue weighted by Gasteiger charge is 2.26. The van der Waals surface area contributed by atoms with E-state index < -0.39 is 0 Å². The van der Waals surface area contributed by atoms with Gasteiger partial charge in [0.1, 0.15) is 0 Å². The summed E-state index contributed by atoms with van der Waals surface area (Å²) in [7, 11) is 4.08. The molecule has 1 aliphatic heterocycles. The van der Waals surface area contributed by atoms with E-state index >= 15 is 0 Å². The van der Waals surface area contributed by atoms with E-state index in [-0.39, 0.29) is 5.91 Å². The van der Waals surface area contributed by atoms with E-state index in [0.717, 1.165) is 43.0 Å². The molecule has 0 aliphatic carbocycles. The molecule has 122 valence electrons. The fourth-order valence-corrected chi connectivity index (χ4v) is 3.92. The third kappa shape index (κ3) is 3.98. The molecular weight excluding hydrogens is 306 g/mol. The average Bonchev–Trinajstić information content (AvgIpc) is 3.08. The monoisotopic (exact) mass is 329 g/mol. The summed E-state index contributed by atoms with van der Waals surface area (Å²) in [6.07, 6.45) is 4.02. The zero-order valence-electron chi connectivity index (χ0n) is 13.7. The number of thiazole rings is 1. The fraction of sp³-hybridized carbons (Fsp3) is 0.444. The van der Waals surface area contributed by atoms with Gasteiger partial charge in [0.15, 0.2) is 0 Å². The maximum absolute atomic E-state index is 12.8. The molecule has 2 aromatic rings. The van der Waals surface area contributed by atoms with Crippen molar-refractivity contribution in [2.45, 2.75) is 25.3 Å². The average molecular weight is 329 g/mol. The smallest absolute Gasteiger partial charge is 0.253 e. The number of piperidine rings is 1. The molecule has 1 fully saturated rings. The number of amides is 1. The minimum Gasteiger partial charge on any atom is -0.338 e. The minimum absolute atomic E-state index is 0.145. The number of likely N-dealkylation sites (tertiary alicyclic amines) is 1. The van der Waals surface area contributed by atoms with Crippen molar-refractivity contribution in [3.05, 3.63) is 52.0 Å². The molecule has 1 amide bonds. The highest BCUT2D eigenvalue weighted by atomic mass is 32.1. The van der Waals surface area contributed by atoms with Crippen LogP contribution in [0.1, 0.15) is 39.7 Å². The maximum atomic E-state index is 12.8. The van der Waals surface area contributed by atoms with Crippen molar-refractivity contribution < 1.29 is 4.79 Å². The van der Waals surface area contributed by atoms with E-state index in [1.165, 1.54) is 5.56 Å². The van der Waals surface area contributed by atoms with Crippen LogP contribution in [-0.4, -0.2) is 47.9 Å². The second-order valence-corrected chi connectivity index (χ2v) is 7.32. The summed E-state index contributed by atoms with van der Waals surface area (Å²) >= 11 is 1.69. The van der Waals surface area contributed by atoms with Crippen LogP contribution in [0.2, 0.25) is 0 Å². The second kappa shape index (κ2) is 7.23. The first-order valence-electron chi connectivity index (χ1n) is 8.06. The standard InChI is InChI=1S/C18H23N3OS/c1-20(2)12-14-5-3-6-15(11-14)18(22)21-9-4-7-16(13-21)17-19-8-10-23-17/h3,5-6,8,10-11,16H,4,7,9,12-13H2,1-2H3/t16-/m0/s1. The van der Waals surface area contributed by atoms with Crippen LogP contribution < -0.4 is 0 Å². The van der Waals surface area contributed by atoms with Crippen molar-refractivity contribution in [1.82, 2.24) is 14.8 Å². The lowest BCUT2D eigenvalue weighted by atomic mass is 9.98. The van der Waals surface area contributed by atoms with Gasteiger partial charge in [0, 0.05) is 42.7 Å². The molecular formula is C18H23N3OS. The number of aromatic nitrogens is 1. The maximum Gasteiger partial charge on any atom is 0.253 e. The first kappa shape index (κ1) is 16.1. The number of hydrogen-bond donors (Lipinski definition) is 0. The van der Waals surface area contributed by atoms with Crippen LogP contribution in [-0.2, 0) is 6.54 Å². The molecule has 5 heteroatoms. The van der Waals surface area contributed by atoms with Gasteiger partial charge in [0.05, 0.1) is 5.01 Å². The second-order valence-electron chi connectivity index (χ2n) is 6.40. The van der Waals surface area contributed by atoms with Crippen LogP contribution in [0.4, 0.5) is 0 Å². The number of rotatable bonds is 4. The number of carbonyl (C=O) groups is 1. The number of benzene rings is 1. The van der Waals surface area contributed by atoms with Crippen molar-refractivity contribution in [1.29, 1.82) is 0 Å². The zero-order chi connectivity index (χ0) is 16.2. The largest absolute Gasteiger partial charge is 0.338 e. The summed E-state index contributed by atoms with van der Waals surface area (Å²) in [5.41, 5.74) is 1.97. The molecule has 2 heterocycles. The van der Waals surface area contributed by atoms with Crippen LogP contribution in [0, 0.1) is 0 Å². The van der Waals surface area contributed by atoms with Gasteiger partial charge in [-0.1, -0.05) is 12.1 Å². The molecule has 23 heavy (non-hydrogen) atoms. The minimum atomic E-state index is 0.145. The number of nitrogens with zero attached hydrogens (tertiary/aromatic N) is 3. The van der Waals surface area contributed by atoms with Gasteiger partial charge in [0.25, 0.3) is 5.91 Å². The van der Waals surface area contributed by atoms with Crippen LogP contribution in [0.5, 0.6) is 0 Å². The Morgan fingerprint density at radius 3 is 3.04 bits per heavy atom. The lowest BCUT2D eigenvalue weighted by Gasteiger charge is -2.32. The summed E-state index contributed by atoms with van der Waals surface area (Å²) < 4.78 is 0. The molecule has 3 rings (SSSR count). The predicted molar refractivity (Wildman–Crippen MR) is 93.8 cm³/mol. The lowest BCUT2D eigenvalue weighted by Crippen LogP contribution is -2.39. The molecule has 0 unspecified atom stereocenters. The van der Waals surface area contributed by atoms with Gasteiger partial charge in [-0.2, -0.15) is 0 Å². The normalized spacial score (nSPS) is 18.4. The van der Waals surface area contributed by atoms with E-state index in [0.29, 0.717) is 5.92 Å². The van der Waals surface area contributed by atoms with E-state index in [4.69, 9.17) is 0 Å². The summed E-state index contributed by atoms with van der Waals surface area (Å²) in [4.78, 5) is 21.4. The van der Waals surface area contributed by atoms with E-state index in [2.05, 4.69) is 16.0 Å². The third-order valence-corrected chi connectivity index (χ3v) is 5.12. The molecule has 1 aromatic carbocycles. The summed E-state index contributed by atoms with van der Waals surface area (Å²) in [5.74, 6) is 0.532. The molecule has 0 N–H and O–H groups in total. The van der Waals surface area contributed by atoms with E-state index in [1.807, 2.05) is 48.8 Å². The van der Waals surface area contributed by atoms with Crippen molar-refractivity contribution in [2.24, 2.45) is 0 Å². The molecule has 1 aliphatic rings. The highest BCUT2D eigenvalue weighted by molar-refractivity contribution is 7.09. The third-order valence-electron chi connectivity index (χ3n) is 4.18. The Morgan fingerprint density at radius 1 is 1.43 bits per heavy atom. The predicted octanol–water partition coefficient (Wildman–Crippen LogP) is 3.22. The quantitative estimate of drug-likeness (QED) is 0.864. The Hall–Kier alpha value is -1.72. The molecule has 0 radical (unpaired) electrons. The number of carbonyl (C=O) groups excluding carboxylic acids is 1. The summed E-state index contributed by atoms with van der Waals surface area (Å²) in [6.45, 7) is 2.48. The molecule has 1 atom stereocenters. The first-order chi connectivity index (χ1) is 11.1. The number of hydrogen-bond acceptors (Lipinski definition) is 4. The molecule has 0 saturated carbocycles. The van der Waals surface area contributed by atoms with Crippen molar-refractivity contribution in [2.75, 3.05) is 27.2 Å². The van der Waals surface area contributed by atoms with Gasteiger partial charge in [-0.15, -0.1) is 11.3 Å². The molecule has 0 bridgehead atoms. The van der Waals surface area contributed by atoms with Gasteiger partial charge in [-0.3, -0.25) is 4.79 Å². The van der Waals surface area contributed by atoms with Crippen LogP contribution >= 0.6 is 11.3 Å². The lowest BCUT2D eigenvalue weighted by molar-refractivity contribution is 0.0707. The summed E-state index contributed by atoms with van der Waals surface area (Å²) in [5, 5.41) is 3.17. The SMILES string of the molecule is CN(C)Cc1cccc(C(=O)N2CCC[C@H](c3nccs3)C2)c1. The Morgan fingerprint density at radius 2 is 2.30 bits per heavy atom. The van der Waals surface area contributed by atoms with Gasteiger partial charge < -0.3 is 9.80 Å². The molecule has 4 nitrogen and oxygen atoms in total. The highest BCUT2D eigenvalue weighted by Crippen LogP contribution is 2.29.